The van der Waals surface area contributed by atoms with Gasteiger partial charge >= 0.3 is 5.97 Å². The largest absolute Gasteiger partial charge is 0.478 e. The summed E-state index contributed by atoms with van der Waals surface area (Å²) >= 11 is 0. The molecule has 0 fully saturated rings. The lowest BCUT2D eigenvalue weighted by molar-refractivity contribution is 0.0696. The fourth-order valence-electron chi connectivity index (χ4n) is 3.18. The molecule has 0 aliphatic rings. The molecular weight excluding hydrogens is 458 g/mol. The second kappa shape index (κ2) is 10.2. The Bertz CT molecular complexity index is 1240. The number of carbonyl (C=O) groups is 2. The van der Waals surface area contributed by atoms with Crippen molar-refractivity contribution in [1.82, 2.24) is 15.1 Å². The molecule has 1 atom stereocenters. The first-order chi connectivity index (χ1) is 16.1. The van der Waals surface area contributed by atoms with E-state index in [1.165, 1.54) is 55.6 Å². The van der Waals surface area contributed by atoms with Crippen molar-refractivity contribution in [2.24, 2.45) is 7.05 Å². The number of alkyl halides is 2. The standard InChI is InChI=1S/C23H19F4N3O4/c1-12(14-6-8-15(9-7-14)23(32)33)28-21(31)18-19(20(26)27)29-30(2)22(18)34-16-5-3-4-13(10-16)11-17(24)25/h3-12,20H,1-2H3,(H,28,31)(H,32,33). The fraction of sp³-hybridized carbons (Fsp3) is 0.174. The maximum Gasteiger partial charge on any atom is 0.335 e. The summed E-state index contributed by atoms with van der Waals surface area (Å²) in [6.45, 7) is 1.59. The first kappa shape index (κ1) is 24.5. The molecule has 0 radical (unpaired) electrons. The van der Waals surface area contributed by atoms with Crippen molar-refractivity contribution in [1.29, 1.82) is 0 Å². The molecule has 0 saturated heterocycles. The van der Waals surface area contributed by atoms with Crippen molar-refractivity contribution in [3.05, 3.63) is 82.6 Å². The second-order valence-corrected chi connectivity index (χ2v) is 7.22. The van der Waals surface area contributed by atoms with Crippen LogP contribution in [-0.4, -0.2) is 26.8 Å². The third-order valence-corrected chi connectivity index (χ3v) is 4.81. The zero-order valence-electron chi connectivity index (χ0n) is 17.9. The SMILES string of the molecule is CC(NC(=O)c1c(C(F)F)nn(C)c1Oc1cccc(C=C(F)F)c1)c1ccc(C(=O)O)cc1. The summed E-state index contributed by atoms with van der Waals surface area (Å²) in [5, 5.41) is 15.3. The van der Waals surface area contributed by atoms with Crippen LogP contribution in [0.3, 0.4) is 0 Å². The Balaban J connectivity index is 1.91. The van der Waals surface area contributed by atoms with Gasteiger partial charge < -0.3 is 15.2 Å². The number of carboxylic acid groups (broad SMARTS) is 1. The summed E-state index contributed by atoms with van der Waals surface area (Å²) in [5.41, 5.74) is -0.623. The van der Waals surface area contributed by atoms with Crippen LogP contribution in [-0.2, 0) is 7.05 Å². The molecule has 0 aliphatic heterocycles. The molecule has 1 aromatic heterocycles. The van der Waals surface area contributed by atoms with Gasteiger partial charge in [-0.2, -0.15) is 13.9 Å². The van der Waals surface area contributed by atoms with Crippen LogP contribution >= 0.6 is 0 Å². The second-order valence-electron chi connectivity index (χ2n) is 7.22. The zero-order chi connectivity index (χ0) is 25.0. The van der Waals surface area contributed by atoms with E-state index in [-0.39, 0.29) is 22.8 Å². The molecule has 34 heavy (non-hydrogen) atoms. The minimum absolute atomic E-state index is 0.0326. The molecule has 1 unspecified atom stereocenters. The predicted molar refractivity (Wildman–Crippen MR) is 114 cm³/mol. The third kappa shape index (κ3) is 5.61. The molecule has 178 valence electrons. The number of halogens is 4. The summed E-state index contributed by atoms with van der Waals surface area (Å²) in [5.74, 6) is -2.29. The van der Waals surface area contributed by atoms with E-state index >= 15 is 0 Å². The van der Waals surface area contributed by atoms with Crippen LogP contribution in [0.4, 0.5) is 17.6 Å². The van der Waals surface area contributed by atoms with E-state index < -0.39 is 41.7 Å². The molecule has 7 nitrogen and oxygen atoms in total. The Labute approximate surface area is 191 Å². The maximum atomic E-state index is 13.6. The van der Waals surface area contributed by atoms with E-state index in [4.69, 9.17) is 9.84 Å². The topological polar surface area (TPSA) is 93.5 Å². The monoisotopic (exact) mass is 477 g/mol. The van der Waals surface area contributed by atoms with Crippen molar-refractivity contribution in [2.45, 2.75) is 19.4 Å². The van der Waals surface area contributed by atoms with Gasteiger partial charge in [-0.05, 0) is 42.3 Å². The van der Waals surface area contributed by atoms with Gasteiger partial charge in [-0.3, -0.25) is 4.79 Å². The molecule has 2 aromatic carbocycles. The minimum atomic E-state index is -3.09. The fourth-order valence-corrected chi connectivity index (χ4v) is 3.18. The van der Waals surface area contributed by atoms with Gasteiger partial charge in [0.15, 0.2) is 0 Å². The number of nitrogens with zero attached hydrogens (tertiary/aromatic N) is 2. The lowest BCUT2D eigenvalue weighted by Crippen LogP contribution is -2.27. The Kier molecular flexibility index (Phi) is 7.34. The van der Waals surface area contributed by atoms with Crippen molar-refractivity contribution in [2.75, 3.05) is 0 Å². The van der Waals surface area contributed by atoms with Crippen LogP contribution in [0.15, 0.2) is 54.6 Å². The Hall–Kier alpha value is -4.15. The normalized spacial score (nSPS) is 11.7. The lowest BCUT2D eigenvalue weighted by Gasteiger charge is -2.16. The Morgan fingerprint density at radius 2 is 1.82 bits per heavy atom. The van der Waals surface area contributed by atoms with E-state index in [1.54, 1.807) is 6.92 Å². The first-order valence-corrected chi connectivity index (χ1v) is 9.86. The van der Waals surface area contributed by atoms with Gasteiger partial charge in [0.2, 0.25) is 5.88 Å². The highest BCUT2D eigenvalue weighted by Gasteiger charge is 2.30. The number of carbonyl (C=O) groups excluding carboxylic acids is 1. The Morgan fingerprint density at radius 1 is 1.15 bits per heavy atom. The summed E-state index contributed by atoms with van der Waals surface area (Å²) in [6.07, 6.45) is -4.42. The number of benzene rings is 2. The molecule has 1 heterocycles. The zero-order valence-corrected chi connectivity index (χ0v) is 17.9. The smallest absolute Gasteiger partial charge is 0.335 e. The van der Waals surface area contributed by atoms with Crippen molar-refractivity contribution in [3.8, 4) is 11.6 Å². The van der Waals surface area contributed by atoms with Crippen LogP contribution in [0.25, 0.3) is 6.08 Å². The summed E-state index contributed by atoms with van der Waals surface area (Å²) in [4.78, 5) is 24.0. The highest BCUT2D eigenvalue weighted by molar-refractivity contribution is 5.98. The average molecular weight is 477 g/mol. The number of aromatic nitrogens is 2. The van der Waals surface area contributed by atoms with Gasteiger partial charge in [0.05, 0.1) is 11.6 Å². The maximum absolute atomic E-state index is 13.6. The number of rotatable bonds is 8. The van der Waals surface area contributed by atoms with Gasteiger partial charge in [-0.25, -0.2) is 18.3 Å². The molecule has 1 amide bonds. The van der Waals surface area contributed by atoms with Crippen molar-refractivity contribution < 1.29 is 37.0 Å². The number of nitrogens with one attached hydrogen (secondary N) is 1. The van der Waals surface area contributed by atoms with Gasteiger partial charge in [-0.15, -0.1) is 0 Å². The summed E-state index contributed by atoms with van der Waals surface area (Å²) in [6, 6.07) is 10.5. The highest BCUT2D eigenvalue weighted by Crippen LogP contribution is 2.33. The van der Waals surface area contributed by atoms with Crippen LogP contribution in [0.5, 0.6) is 11.6 Å². The number of carboxylic acids is 1. The highest BCUT2D eigenvalue weighted by atomic mass is 19.3. The molecule has 3 aromatic rings. The van der Waals surface area contributed by atoms with Crippen molar-refractivity contribution in [3.63, 3.8) is 0 Å². The van der Waals surface area contributed by atoms with Gasteiger partial charge in [-0.1, -0.05) is 24.3 Å². The van der Waals surface area contributed by atoms with Crippen LogP contribution in [0.2, 0.25) is 0 Å². The van der Waals surface area contributed by atoms with Crippen LogP contribution in [0, 0.1) is 0 Å². The molecule has 11 heteroatoms. The lowest BCUT2D eigenvalue weighted by atomic mass is 10.1. The third-order valence-electron chi connectivity index (χ3n) is 4.81. The number of aromatic carboxylic acids is 1. The summed E-state index contributed by atoms with van der Waals surface area (Å²) in [7, 11) is 1.30. The van der Waals surface area contributed by atoms with Gasteiger partial charge in [0, 0.05) is 13.1 Å². The molecule has 2 N–H and O–H groups in total. The predicted octanol–water partition coefficient (Wildman–Crippen LogP) is 5.58. The molecule has 0 saturated carbocycles. The summed E-state index contributed by atoms with van der Waals surface area (Å²) < 4.78 is 59.0. The molecule has 0 bridgehead atoms. The van der Waals surface area contributed by atoms with Gasteiger partial charge in [0.1, 0.15) is 17.0 Å². The molecule has 0 spiro atoms. The van der Waals surface area contributed by atoms with E-state index in [0.717, 1.165) is 4.68 Å². The van der Waals surface area contributed by atoms with Crippen LogP contribution in [0.1, 0.15) is 56.9 Å². The minimum Gasteiger partial charge on any atom is -0.478 e. The number of hydrogen-bond donors (Lipinski definition) is 2. The van der Waals surface area contributed by atoms with E-state index in [2.05, 4.69) is 10.4 Å². The van der Waals surface area contributed by atoms with Crippen molar-refractivity contribution >= 4 is 18.0 Å². The Morgan fingerprint density at radius 3 is 2.41 bits per heavy atom. The van der Waals surface area contributed by atoms with E-state index in [0.29, 0.717) is 11.6 Å². The number of ether oxygens (including phenoxy) is 1. The van der Waals surface area contributed by atoms with Crippen LogP contribution < -0.4 is 10.1 Å². The first-order valence-electron chi connectivity index (χ1n) is 9.86. The molecule has 0 aliphatic carbocycles. The number of hydrogen-bond acceptors (Lipinski definition) is 4. The molecular formula is C23H19F4N3O4. The van der Waals surface area contributed by atoms with E-state index in [9.17, 15) is 27.2 Å². The average Bonchev–Trinajstić information content (AvgIpc) is 3.10. The van der Waals surface area contributed by atoms with E-state index in [1.807, 2.05) is 0 Å². The number of aryl methyl sites for hydroxylation is 1. The molecule has 3 rings (SSSR count). The van der Waals surface area contributed by atoms with Gasteiger partial charge in [0.25, 0.3) is 18.4 Å². The quantitative estimate of drug-likeness (QED) is 0.414. The number of amides is 1.